The van der Waals surface area contributed by atoms with Gasteiger partial charge in [-0.1, -0.05) is 18.2 Å². The summed E-state index contributed by atoms with van der Waals surface area (Å²) in [5, 5.41) is 2.91. The van der Waals surface area contributed by atoms with E-state index in [2.05, 4.69) is 5.32 Å². The largest absolute Gasteiger partial charge is 0.377 e. The SMILES string of the molecule is C[C@@H](C(=O)Nc1ccccc1)[n+]1ccc(N(C)C)cc1. The van der Waals surface area contributed by atoms with Gasteiger partial charge in [0.2, 0.25) is 6.04 Å². The second-order valence-corrected chi connectivity index (χ2v) is 4.93. The third kappa shape index (κ3) is 3.35. The Bertz CT molecular complexity index is 564. The van der Waals surface area contributed by atoms with E-state index in [1.54, 1.807) is 0 Å². The number of anilines is 2. The first-order valence-corrected chi connectivity index (χ1v) is 6.62. The molecule has 0 aliphatic heterocycles. The van der Waals surface area contributed by atoms with Crippen molar-refractivity contribution in [2.75, 3.05) is 24.3 Å². The van der Waals surface area contributed by atoms with Crippen molar-refractivity contribution in [1.82, 2.24) is 0 Å². The van der Waals surface area contributed by atoms with Gasteiger partial charge in [-0.05, 0) is 12.1 Å². The molecule has 1 N–H and O–H groups in total. The number of rotatable bonds is 4. The Kier molecular flexibility index (Phi) is 4.35. The van der Waals surface area contributed by atoms with Gasteiger partial charge in [0, 0.05) is 44.5 Å². The number of amides is 1. The summed E-state index contributed by atoms with van der Waals surface area (Å²) in [4.78, 5) is 14.2. The summed E-state index contributed by atoms with van der Waals surface area (Å²) in [7, 11) is 3.98. The lowest BCUT2D eigenvalue weighted by Crippen LogP contribution is -2.44. The number of para-hydroxylation sites is 1. The summed E-state index contributed by atoms with van der Waals surface area (Å²) >= 11 is 0. The van der Waals surface area contributed by atoms with Crippen LogP contribution in [0, 0.1) is 0 Å². The molecule has 0 aliphatic carbocycles. The van der Waals surface area contributed by atoms with Gasteiger partial charge in [0.05, 0.1) is 0 Å². The van der Waals surface area contributed by atoms with Gasteiger partial charge in [0.15, 0.2) is 12.4 Å². The van der Waals surface area contributed by atoms with Crippen LogP contribution >= 0.6 is 0 Å². The number of nitrogens with zero attached hydrogens (tertiary/aromatic N) is 2. The summed E-state index contributed by atoms with van der Waals surface area (Å²) in [5.41, 5.74) is 1.92. The summed E-state index contributed by atoms with van der Waals surface area (Å²) in [6.07, 6.45) is 3.84. The van der Waals surface area contributed by atoms with Crippen LogP contribution in [0.2, 0.25) is 0 Å². The standard InChI is InChI=1S/C16H19N3O/c1-13(16(20)17-14-7-5-4-6-8-14)19-11-9-15(10-12-19)18(2)3/h4-13H,1-3H3/p+1/t13-/m0/s1. The van der Waals surface area contributed by atoms with Crippen LogP contribution in [0.25, 0.3) is 0 Å². The van der Waals surface area contributed by atoms with Crippen LogP contribution in [0.5, 0.6) is 0 Å². The number of hydrogen-bond acceptors (Lipinski definition) is 2. The third-order valence-electron chi connectivity index (χ3n) is 3.22. The maximum atomic E-state index is 12.2. The lowest BCUT2D eigenvalue weighted by Gasteiger charge is -2.12. The van der Waals surface area contributed by atoms with Crippen LogP contribution in [0.3, 0.4) is 0 Å². The van der Waals surface area contributed by atoms with Gasteiger partial charge in [0.25, 0.3) is 5.91 Å². The van der Waals surface area contributed by atoms with E-state index in [0.717, 1.165) is 11.4 Å². The molecule has 0 aliphatic rings. The molecule has 104 valence electrons. The van der Waals surface area contributed by atoms with Crippen LogP contribution in [-0.4, -0.2) is 20.0 Å². The van der Waals surface area contributed by atoms with Crippen molar-refractivity contribution in [1.29, 1.82) is 0 Å². The Balaban J connectivity index is 2.06. The van der Waals surface area contributed by atoms with Gasteiger partial charge in [-0.2, -0.15) is 4.57 Å². The lowest BCUT2D eigenvalue weighted by atomic mass is 10.2. The predicted octanol–water partition coefficient (Wildman–Crippen LogP) is 2.24. The lowest BCUT2D eigenvalue weighted by molar-refractivity contribution is -0.705. The molecule has 4 nitrogen and oxygen atoms in total. The van der Waals surface area contributed by atoms with Crippen LogP contribution < -0.4 is 14.8 Å². The number of nitrogens with one attached hydrogen (secondary N) is 1. The van der Waals surface area contributed by atoms with Gasteiger partial charge in [0.1, 0.15) is 0 Å². The molecule has 1 atom stereocenters. The number of carbonyl (C=O) groups excluding carboxylic acids is 1. The molecule has 0 fully saturated rings. The van der Waals surface area contributed by atoms with E-state index >= 15 is 0 Å². The number of carbonyl (C=O) groups is 1. The Labute approximate surface area is 119 Å². The molecule has 0 saturated carbocycles. The van der Waals surface area contributed by atoms with Gasteiger partial charge < -0.3 is 10.2 Å². The number of pyridine rings is 1. The maximum absolute atomic E-state index is 12.2. The van der Waals surface area contributed by atoms with Gasteiger partial charge in [-0.25, -0.2) is 0 Å². The average Bonchev–Trinajstić information content (AvgIpc) is 2.47. The van der Waals surface area contributed by atoms with Crippen molar-refractivity contribution in [2.45, 2.75) is 13.0 Å². The fourth-order valence-electron chi connectivity index (χ4n) is 1.89. The minimum atomic E-state index is -0.258. The Morgan fingerprint density at radius 3 is 2.25 bits per heavy atom. The highest BCUT2D eigenvalue weighted by Crippen LogP contribution is 2.10. The number of benzene rings is 1. The van der Waals surface area contributed by atoms with Crippen molar-refractivity contribution >= 4 is 17.3 Å². The van der Waals surface area contributed by atoms with Gasteiger partial charge >= 0.3 is 0 Å². The molecule has 1 amide bonds. The van der Waals surface area contributed by atoms with E-state index in [1.807, 2.05) is 85.3 Å². The fourth-order valence-corrected chi connectivity index (χ4v) is 1.89. The van der Waals surface area contributed by atoms with Gasteiger partial charge in [-0.15, -0.1) is 0 Å². The first kappa shape index (κ1) is 14.1. The molecule has 1 heterocycles. The van der Waals surface area contributed by atoms with E-state index < -0.39 is 0 Å². The molecule has 2 rings (SSSR count). The molecule has 0 bridgehead atoms. The molecule has 20 heavy (non-hydrogen) atoms. The Morgan fingerprint density at radius 1 is 1.10 bits per heavy atom. The zero-order valence-corrected chi connectivity index (χ0v) is 12.1. The smallest absolute Gasteiger partial charge is 0.293 e. The van der Waals surface area contributed by atoms with Crippen molar-refractivity contribution < 1.29 is 9.36 Å². The number of aromatic nitrogens is 1. The second-order valence-electron chi connectivity index (χ2n) is 4.93. The molecule has 1 aromatic carbocycles. The molecule has 0 saturated heterocycles. The maximum Gasteiger partial charge on any atom is 0.293 e. The minimum absolute atomic E-state index is 0.0289. The highest BCUT2D eigenvalue weighted by molar-refractivity contribution is 5.92. The topological polar surface area (TPSA) is 36.2 Å². The molecule has 0 spiro atoms. The molecule has 1 aromatic heterocycles. The molecule has 0 unspecified atom stereocenters. The van der Waals surface area contributed by atoms with E-state index in [9.17, 15) is 4.79 Å². The molecule has 0 radical (unpaired) electrons. The molecular weight excluding hydrogens is 250 g/mol. The fraction of sp³-hybridized carbons (Fsp3) is 0.250. The Hall–Kier alpha value is -2.36. The zero-order valence-electron chi connectivity index (χ0n) is 12.1. The first-order valence-electron chi connectivity index (χ1n) is 6.62. The predicted molar refractivity (Wildman–Crippen MR) is 80.7 cm³/mol. The van der Waals surface area contributed by atoms with Crippen molar-refractivity contribution in [3.05, 3.63) is 54.9 Å². The van der Waals surface area contributed by atoms with Crippen LogP contribution in [0.4, 0.5) is 11.4 Å². The van der Waals surface area contributed by atoms with Crippen molar-refractivity contribution in [3.63, 3.8) is 0 Å². The molecule has 2 aromatic rings. The average molecular weight is 270 g/mol. The zero-order chi connectivity index (χ0) is 14.5. The summed E-state index contributed by atoms with van der Waals surface area (Å²) in [6.45, 7) is 1.88. The monoisotopic (exact) mass is 270 g/mol. The molecule has 4 heteroatoms. The quantitative estimate of drug-likeness (QED) is 0.865. The third-order valence-corrected chi connectivity index (χ3v) is 3.22. The van der Waals surface area contributed by atoms with E-state index in [-0.39, 0.29) is 11.9 Å². The normalized spacial score (nSPS) is 11.8. The number of hydrogen-bond donors (Lipinski definition) is 1. The highest BCUT2D eigenvalue weighted by Gasteiger charge is 2.21. The van der Waals surface area contributed by atoms with Gasteiger partial charge in [-0.3, -0.25) is 4.79 Å². The van der Waals surface area contributed by atoms with Crippen molar-refractivity contribution in [3.8, 4) is 0 Å². The van der Waals surface area contributed by atoms with Crippen LogP contribution in [0.1, 0.15) is 13.0 Å². The van der Waals surface area contributed by atoms with E-state index in [4.69, 9.17) is 0 Å². The van der Waals surface area contributed by atoms with E-state index in [0.29, 0.717) is 0 Å². The van der Waals surface area contributed by atoms with Crippen LogP contribution in [-0.2, 0) is 4.79 Å². The van der Waals surface area contributed by atoms with Crippen LogP contribution in [0.15, 0.2) is 54.9 Å². The summed E-state index contributed by atoms with van der Waals surface area (Å²) in [6, 6.07) is 13.2. The Morgan fingerprint density at radius 2 is 1.70 bits per heavy atom. The summed E-state index contributed by atoms with van der Waals surface area (Å²) in [5.74, 6) is -0.0289. The summed E-state index contributed by atoms with van der Waals surface area (Å²) < 4.78 is 1.89. The van der Waals surface area contributed by atoms with E-state index in [1.165, 1.54) is 0 Å². The second kappa shape index (κ2) is 6.19. The van der Waals surface area contributed by atoms with Crippen molar-refractivity contribution in [2.24, 2.45) is 0 Å². The molecular formula is C16H20N3O+. The highest BCUT2D eigenvalue weighted by atomic mass is 16.2. The minimum Gasteiger partial charge on any atom is -0.377 e. The first-order chi connectivity index (χ1) is 9.58.